The maximum absolute atomic E-state index is 12.3. The van der Waals surface area contributed by atoms with Crippen molar-refractivity contribution in [2.24, 2.45) is 0 Å². The third-order valence-electron chi connectivity index (χ3n) is 4.14. The van der Waals surface area contributed by atoms with Crippen LogP contribution in [0.5, 0.6) is 0 Å². The molecule has 3 heterocycles. The summed E-state index contributed by atoms with van der Waals surface area (Å²) in [5.41, 5.74) is 0.959. The molecule has 1 fully saturated rings. The molecule has 8 heteroatoms. The predicted molar refractivity (Wildman–Crippen MR) is 101 cm³/mol. The first-order chi connectivity index (χ1) is 12.1. The van der Waals surface area contributed by atoms with Crippen molar-refractivity contribution in [3.63, 3.8) is 0 Å². The van der Waals surface area contributed by atoms with E-state index in [2.05, 4.69) is 30.1 Å². The van der Waals surface area contributed by atoms with Gasteiger partial charge in [-0.15, -0.1) is 11.8 Å². The van der Waals surface area contributed by atoms with Crippen LogP contribution in [0, 0.1) is 11.3 Å². The Hall–Kier alpha value is -1.56. The number of thioether (sulfide) groups is 1. The van der Waals surface area contributed by atoms with Crippen molar-refractivity contribution in [1.29, 1.82) is 5.26 Å². The summed E-state index contributed by atoms with van der Waals surface area (Å²) >= 11 is 3.15. The van der Waals surface area contributed by atoms with Gasteiger partial charge in [-0.2, -0.15) is 5.26 Å². The van der Waals surface area contributed by atoms with Crippen molar-refractivity contribution in [3.8, 4) is 6.07 Å². The van der Waals surface area contributed by atoms with Gasteiger partial charge < -0.3 is 9.64 Å². The van der Waals surface area contributed by atoms with E-state index in [-0.39, 0.29) is 18.0 Å². The maximum atomic E-state index is 12.3. The second kappa shape index (κ2) is 8.21. The van der Waals surface area contributed by atoms with Crippen molar-refractivity contribution >= 4 is 34.3 Å². The molecule has 0 bridgehead atoms. The van der Waals surface area contributed by atoms with Crippen molar-refractivity contribution in [2.45, 2.75) is 43.1 Å². The number of urea groups is 1. The van der Waals surface area contributed by atoms with Gasteiger partial charge in [0.15, 0.2) is 5.13 Å². The summed E-state index contributed by atoms with van der Waals surface area (Å²) in [6, 6.07) is 2.28. The lowest BCUT2D eigenvalue weighted by Gasteiger charge is -2.31. The molecule has 0 saturated carbocycles. The van der Waals surface area contributed by atoms with Crippen LogP contribution in [0.25, 0.3) is 0 Å². The van der Waals surface area contributed by atoms with Gasteiger partial charge in [0.25, 0.3) is 0 Å². The second-order valence-corrected chi connectivity index (χ2v) is 8.56. The molecular weight excluding hydrogens is 356 g/mol. The number of thiazole rings is 1. The Morgan fingerprint density at radius 3 is 3.04 bits per heavy atom. The van der Waals surface area contributed by atoms with E-state index in [1.165, 1.54) is 16.2 Å². The van der Waals surface area contributed by atoms with Crippen LogP contribution < -0.4 is 4.90 Å². The number of carbonyl (C=O) groups is 1. The molecule has 2 atom stereocenters. The van der Waals surface area contributed by atoms with Crippen LogP contribution in [-0.4, -0.2) is 41.7 Å². The number of ether oxygens (including phenoxy) is 1. The highest BCUT2D eigenvalue weighted by Gasteiger charge is 2.34. The van der Waals surface area contributed by atoms with Gasteiger partial charge in [0.2, 0.25) is 0 Å². The van der Waals surface area contributed by atoms with Gasteiger partial charge in [-0.1, -0.05) is 36.8 Å². The summed E-state index contributed by atoms with van der Waals surface area (Å²) in [7, 11) is 1.70. The fraction of sp³-hybridized carbons (Fsp3) is 0.588. The summed E-state index contributed by atoms with van der Waals surface area (Å²) in [4.78, 5) is 21.0. The first kappa shape index (κ1) is 18.2. The van der Waals surface area contributed by atoms with Crippen molar-refractivity contribution in [2.75, 3.05) is 25.4 Å². The molecule has 1 aromatic rings. The Labute approximate surface area is 156 Å². The van der Waals surface area contributed by atoms with Crippen LogP contribution in [0.3, 0.4) is 0 Å². The Morgan fingerprint density at radius 1 is 1.44 bits per heavy atom. The average Bonchev–Trinajstić information content (AvgIpc) is 3.04. The lowest BCUT2D eigenvalue weighted by atomic mass is 10.1. The van der Waals surface area contributed by atoms with Gasteiger partial charge in [-0.25, -0.2) is 14.7 Å². The number of nitriles is 1. The van der Waals surface area contributed by atoms with Crippen LogP contribution in [0.15, 0.2) is 12.2 Å². The molecule has 2 amide bonds. The number of amides is 2. The number of carbonyl (C=O) groups excluding carboxylic acids is 1. The van der Waals surface area contributed by atoms with E-state index in [0.29, 0.717) is 17.1 Å². The Bertz CT molecular complexity index is 697. The standard InChI is InChI=1S/C17H22N4O2S2/c1-3-4-5-6-7-12-8-13-15(14(9-18)24-12)25-16(19-13)21-11-23-10-20(2)17(21)22/h5-6,12,14H,3-4,7-8,10-11H2,1-2H3. The number of rotatable bonds is 5. The maximum Gasteiger partial charge on any atom is 0.329 e. The normalized spacial score (nSPS) is 23.8. The van der Waals surface area contributed by atoms with E-state index in [1.807, 2.05) is 0 Å². The van der Waals surface area contributed by atoms with Crippen molar-refractivity contribution < 1.29 is 9.53 Å². The van der Waals surface area contributed by atoms with Gasteiger partial charge in [-0.05, 0) is 12.8 Å². The number of hydrogen-bond donors (Lipinski definition) is 0. The Kier molecular flexibility index (Phi) is 5.99. The number of aromatic nitrogens is 1. The third kappa shape index (κ3) is 4.00. The summed E-state index contributed by atoms with van der Waals surface area (Å²) in [6.07, 6.45) is 8.45. The summed E-state index contributed by atoms with van der Waals surface area (Å²) in [6.45, 7) is 2.67. The van der Waals surface area contributed by atoms with Gasteiger partial charge in [0.1, 0.15) is 18.7 Å². The minimum Gasteiger partial charge on any atom is -0.340 e. The number of hydrogen-bond acceptors (Lipinski definition) is 6. The molecule has 6 nitrogen and oxygen atoms in total. The van der Waals surface area contributed by atoms with Gasteiger partial charge >= 0.3 is 6.03 Å². The van der Waals surface area contributed by atoms with Gasteiger partial charge in [-0.3, -0.25) is 0 Å². The highest BCUT2D eigenvalue weighted by molar-refractivity contribution is 8.00. The van der Waals surface area contributed by atoms with Gasteiger partial charge in [0.05, 0.1) is 16.6 Å². The lowest BCUT2D eigenvalue weighted by Crippen LogP contribution is -2.48. The van der Waals surface area contributed by atoms with E-state index in [9.17, 15) is 10.1 Å². The largest absolute Gasteiger partial charge is 0.340 e. The number of unbranched alkanes of at least 4 members (excludes halogenated alkanes) is 1. The highest BCUT2D eigenvalue weighted by atomic mass is 32.2. The minimum atomic E-state index is -0.210. The smallest absolute Gasteiger partial charge is 0.329 e. The van der Waals surface area contributed by atoms with Crippen LogP contribution in [0.4, 0.5) is 9.93 Å². The third-order valence-corrected chi connectivity index (χ3v) is 6.83. The fourth-order valence-electron chi connectivity index (χ4n) is 2.82. The molecule has 0 N–H and O–H groups in total. The van der Waals surface area contributed by atoms with Crippen LogP contribution >= 0.6 is 23.1 Å². The number of allylic oxidation sites excluding steroid dienone is 2. The Balaban J connectivity index is 1.77. The SMILES string of the molecule is CCCC=CCC1Cc2nc(N3COCN(C)C3=O)sc2C(C#N)S1. The Morgan fingerprint density at radius 2 is 2.28 bits per heavy atom. The molecule has 25 heavy (non-hydrogen) atoms. The molecule has 1 saturated heterocycles. The molecule has 1 aromatic heterocycles. The van der Waals surface area contributed by atoms with Gasteiger partial charge in [0, 0.05) is 18.7 Å². The van der Waals surface area contributed by atoms with E-state index in [0.717, 1.165) is 36.3 Å². The summed E-state index contributed by atoms with van der Waals surface area (Å²) in [5, 5.41) is 10.3. The highest BCUT2D eigenvalue weighted by Crippen LogP contribution is 2.46. The number of anilines is 1. The number of fused-ring (bicyclic) bond motifs is 1. The molecule has 0 spiro atoms. The van der Waals surface area contributed by atoms with Crippen LogP contribution in [0.2, 0.25) is 0 Å². The molecule has 3 rings (SSSR count). The first-order valence-corrected chi connectivity index (χ1v) is 10.2. The van der Waals surface area contributed by atoms with E-state index >= 15 is 0 Å². The van der Waals surface area contributed by atoms with E-state index in [1.54, 1.807) is 23.7 Å². The predicted octanol–water partition coefficient (Wildman–Crippen LogP) is 3.92. The molecule has 2 aliphatic rings. The lowest BCUT2D eigenvalue weighted by molar-refractivity contribution is 0.0361. The topological polar surface area (TPSA) is 69.5 Å². The fourth-order valence-corrected chi connectivity index (χ4v) is 5.31. The average molecular weight is 379 g/mol. The zero-order valence-corrected chi connectivity index (χ0v) is 16.1. The molecule has 2 unspecified atom stereocenters. The molecule has 2 aliphatic heterocycles. The van der Waals surface area contributed by atoms with Crippen LogP contribution in [0.1, 0.15) is 42.0 Å². The molecule has 0 aromatic carbocycles. The summed E-state index contributed by atoms with van der Waals surface area (Å²) < 4.78 is 5.42. The van der Waals surface area contributed by atoms with Crippen LogP contribution in [-0.2, 0) is 11.2 Å². The second-order valence-electron chi connectivity index (χ2n) is 6.15. The zero-order valence-electron chi connectivity index (χ0n) is 14.5. The monoisotopic (exact) mass is 378 g/mol. The number of nitrogens with zero attached hydrogens (tertiary/aromatic N) is 4. The first-order valence-electron chi connectivity index (χ1n) is 8.44. The molecular formula is C17H22N4O2S2. The minimum absolute atomic E-state index is 0.113. The quantitative estimate of drug-likeness (QED) is 0.727. The van der Waals surface area contributed by atoms with E-state index in [4.69, 9.17) is 4.74 Å². The molecule has 134 valence electrons. The van der Waals surface area contributed by atoms with E-state index < -0.39 is 0 Å². The zero-order chi connectivity index (χ0) is 17.8. The van der Waals surface area contributed by atoms with Crippen molar-refractivity contribution in [1.82, 2.24) is 9.88 Å². The summed E-state index contributed by atoms with van der Waals surface area (Å²) in [5.74, 6) is 0. The molecule has 0 radical (unpaired) electrons. The van der Waals surface area contributed by atoms with Crippen molar-refractivity contribution in [3.05, 3.63) is 22.7 Å². The molecule has 0 aliphatic carbocycles.